The number of allylic oxidation sites excluding steroid dienone is 2. The molecule has 0 spiro atoms. The van der Waals surface area contributed by atoms with Crippen LogP contribution in [0.5, 0.6) is 0 Å². The van der Waals surface area contributed by atoms with Crippen LogP contribution in [0.3, 0.4) is 0 Å². The molecule has 19 heavy (non-hydrogen) atoms. The summed E-state index contributed by atoms with van der Waals surface area (Å²) in [6.07, 6.45) is 5.28. The number of carbonyl (C=O) groups is 2. The Bertz CT molecular complexity index is 568. The third kappa shape index (κ3) is 1.89. The van der Waals surface area contributed by atoms with Crippen molar-refractivity contribution in [3.05, 3.63) is 40.9 Å². The lowest BCUT2D eigenvalue weighted by atomic mass is 9.85. The molecule has 4 heteroatoms. The van der Waals surface area contributed by atoms with Crippen molar-refractivity contribution in [1.29, 1.82) is 0 Å². The number of nitrogens with zero attached hydrogens (tertiary/aromatic N) is 1. The van der Waals surface area contributed by atoms with E-state index in [1.54, 1.807) is 12.1 Å². The molecular weight excluding hydrogens is 262 g/mol. The van der Waals surface area contributed by atoms with E-state index in [2.05, 4.69) is 0 Å². The largest absolute Gasteiger partial charge is 0.274 e. The molecule has 2 atom stereocenters. The molecule has 1 fully saturated rings. The monoisotopic (exact) mass is 275 g/mol. The van der Waals surface area contributed by atoms with Gasteiger partial charge in [-0.05, 0) is 37.5 Å². The first-order valence-electron chi connectivity index (χ1n) is 6.38. The number of imide groups is 1. The molecule has 0 radical (unpaired) electrons. The maximum atomic E-state index is 12.4. The standard InChI is InChI=1S/C15H14ClNO2/c1-9-6-7-10(8-13(9)16)17-14(18)11-4-2-3-5-12(11)15(17)19/h2-3,6-8,11-12H,4-5H2,1H3/t11-,12-/m0/s1. The molecule has 2 amide bonds. The Balaban J connectivity index is 1.99. The van der Waals surface area contributed by atoms with E-state index in [4.69, 9.17) is 11.6 Å². The fourth-order valence-corrected chi connectivity index (χ4v) is 2.95. The lowest BCUT2D eigenvalue weighted by Gasteiger charge is -2.15. The highest BCUT2D eigenvalue weighted by molar-refractivity contribution is 6.32. The second-order valence-electron chi connectivity index (χ2n) is 5.10. The molecule has 98 valence electrons. The summed E-state index contributed by atoms with van der Waals surface area (Å²) in [4.78, 5) is 26.0. The van der Waals surface area contributed by atoms with Crippen LogP contribution < -0.4 is 4.90 Å². The molecule has 0 N–H and O–H groups in total. The van der Waals surface area contributed by atoms with Gasteiger partial charge in [-0.1, -0.05) is 29.8 Å². The van der Waals surface area contributed by atoms with Crippen molar-refractivity contribution in [1.82, 2.24) is 0 Å². The van der Waals surface area contributed by atoms with Crippen LogP contribution >= 0.6 is 11.6 Å². The van der Waals surface area contributed by atoms with Crippen LogP contribution in [0.2, 0.25) is 5.02 Å². The van der Waals surface area contributed by atoms with Gasteiger partial charge in [0.2, 0.25) is 11.8 Å². The first-order chi connectivity index (χ1) is 9.09. The summed E-state index contributed by atoms with van der Waals surface area (Å²) in [6, 6.07) is 5.30. The van der Waals surface area contributed by atoms with Gasteiger partial charge in [0.25, 0.3) is 0 Å². The second kappa shape index (κ2) is 4.49. The maximum absolute atomic E-state index is 12.4. The Hall–Kier alpha value is -1.61. The van der Waals surface area contributed by atoms with Crippen LogP contribution in [0.15, 0.2) is 30.4 Å². The molecular formula is C15H14ClNO2. The van der Waals surface area contributed by atoms with E-state index in [1.165, 1.54) is 4.90 Å². The minimum absolute atomic E-state index is 0.0979. The lowest BCUT2D eigenvalue weighted by Crippen LogP contribution is -2.30. The summed E-state index contributed by atoms with van der Waals surface area (Å²) in [5.74, 6) is -0.589. The number of carbonyl (C=O) groups excluding carboxylic acids is 2. The molecule has 0 bridgehead atoms. The average Bonchev–Trinajstić information content (AvgIpc) is 2.66. The van der Waals surface area contributed by atoms with Crippen LogP contribution in [-0.2, 0) is 9.59 Å². The summed E-state index contributed by atoms with van der Waals surface area (Å²) in [5, 5.41) is 0.575. The molecule has 3 rings (SSSR count). The number of benzene rings is 1. The van der Waals surface area contributed by atoms with Gasteiger partial charge in [0.05, 0.1) is 17.5 Å². The minimum atomic E-state index is -0.197. The first-order valence-corrected chi connectivity index (χ1v) is 6.76. The van der Waals surface area contributed by atoms with E-state index in [1.807, 2.05) is 25.1 Å². The maximum Gasteiger partial charge on any atom is 0.238 e. The van der Waals surface area contributed by atoms with E-state index in [-0.39, 0.29) is 23.7 Å². The van der Waals surface area contributed by atoms with Gasteiger partial charge >= 0.3 is 0 Å². The van der Waals surface area contributed by atoms with Crippen molar-refractivity contribution >= 4 is 29.1 Å². The predicted molar refractivity (Wildman–Crippen MR) is 74.0 cm³/mol. The van der Waals surface area contributed by atoms with Crippen molar-refractivity contribution in [3.8, 4) is 0 Å². The summed E-state index contributed by atoms with van der Waals surface area (Å²) in [6.45, 7) is 1.89. The molecule has 1 aliphatic carbocycles. The molecule has 1 heterocycles. The van der Waals surface area contributed by atoms with E-state index in [0.717, 1.165) is 5.56 Å². The van der Waals surface area contributed by atoms with E-state index in [0.29, 0.717) is 23.6 Å². The molecule has 1 aliphatic heterocycles. The van der Waals surface area contributed by atoms with Gasteiger partial charge in [-0.15, -0.1) is 0 Å². The number of rotatable bonds is 1. The third-order valence-corrected chi connectivity index (χ3v) is 4.33. The number of aryl methyl sites for hydroxylation is 1. The SMILES string of the molecule is Cc1ccc(N2C(=O)[C@H]3CC=CC[C@@H]3C2=O)cc1Cl. The van der Waals surface area contributed by atoms with Crippen molar-refractivity contribution in [2.24, 2.45) is 11.8 Å². The Morgan fingerprint density at radius 1 is 1.11 bits per heavy atom. The summed E-state index contributed by atoms with van der Waals surface area (Å²) in [7, 11) is 0. The quantitative estimate of drug-likeness (QED) is 0.583. The average molecular weight is 276 g/mol. The summed E-state index contributed by atoms with van der Waals surface area (Å²) < 4.78 is 0. The number of halogens is 1. The third-order valence-electron chi connectivity index (χ3n) is 3.92. The van der Waals surface area contributed by atoms with Crippen LogP contribution in [0.4, 0.5) is 5.69 Å². The van der Waals surface area contributed by atoms with Crippen molar-refractivity contribution in [2.75, 3.05) is 4.90 Å². The summed E-state index contributed by atoms with van der Waals surface area (Å²) >= 11 is 6.08. The molecule has 3 nitrogen and oxygen atoms in total. The zero-order valence-corrected chi connectivity index (χ0v) is 11.4. The number of hydrogen-bond acceptors (Lipinski definition) is 2. The number of fused-ring (bicyclic) bond motifs is 1. The molecule has 0 unspecified atom stereocenters. The highest BCUT2D eigenvalue weighted by atomic mass is 35.5. The Morgan fingerprint density at radius 2 is 1.68 bits per heavy atom. The van der Waals surface area contributed by atoms with E-state index in [9.17, 15) is 9.59 Å². The summed E-state index contributed by atoms with van der Waals surface area (Å²) in [5.41, 5.74) is 1.52. The van der Waals surface area contributed by atoms with Crippen molar-refractivity contribution < 1.29 is 9.59 Å². The van der Waals surface area contributed by atoms with Gasteiger partial charge in [-0.25, -0.2) is 4.90 Å². The van der Waals surface area contributed by atoms with Gasteiger partial charge in [0.15, 0.2) is 0 Å². The fourth-order valence-electron chi connectivity index (χ4n) is 2.78. The van der Waals surface area contributed by atoms with Crippen molar-refractivity contribution in [3.63, 3.8) is 0 Å². The van der Waals surface area contributed by atoms with Gasteiger partial charge < -0.3 is 0 Å². The first kappa shape index (κ1) is 12.4. The Morgan fingerprint density at radius 3 is 2.21 bits per heavy atom. The normalized spacial score (nSPS) is 25.9. The second-order valence-corrected chi connectivity index (χ2v) is 5.51. The highest BCUT2D eigenvalue weighted by Gasteiger charge is 2.47. The molecule has 1 aromatic rings. The molecule has 0 saturated carbocycles. The van der Waals surface area contributed by atoms with Crippen molar-refractivity contribution in [2.45, 2.75) is 19.8 Å². The number of amides is 2. The van der Waals surface area contributed by atoms with Crippen LogP contribution in [0.25, 0.3) is 0 Å². The zero-order valence-electron chi connectivity index (χ0n) is 10.6. The Labute approximate surface area is 116 Å². The molecule has 2 aliphatic rings. The minimum Gasteiger partial charge on any atom is -0.274 e. The van der Waals surface area contributed by atoms with Crippen LogP contribution in [-0.4, -0.2) is 11.8 Å². The number of hydrogen-bond donors (Lipinski definition) is 0. The van der Waals surface area contributed by atoms with Crippen LogP contribution in [0.1, 0.15) is 18.4 Å². The lowest BCUT2D eigenvalue weighted by molar-refractivity contribution is -0.122. The number of anilines is 1. The van der Waals surface area contributed by atoms with E-state index < -0.39 is 0 Å². The molecule has 1 aromatic carbocycles. The predicted octanol–water partition coefficient (Wildman–Crippen LogP) is 3.10. The highest BCUT2D eigenvalue weighted by Crippen LogP contribution is 2.38. The van der Waals surface area contributed by atoms with Gasteiger partial charge in [0, 0.05) is 5.02 Å². The van der Waals surface area contributed by atoms with E-state index >= 15 is 0 Å². The molecule has 0 aromatic heterocycles. The zero-order chi connectivity index (χ0) is 13.6. The topological polar surface area (TPSA) is 37.4 Å². The Kier molecular flexibility index (Phi) is 2.94. The smallest absolute Gasteiger partial charge is 0.238 e. The van der Waals surface area contributed by atoms with Gasteiger partial charge in [-0.2, -0.15) is 0 Å². The van der Waals surface area contributed by atoms with Gasteiger partial charge in [0.1, 0.15) is 0 Å². The van der Waals surface area contributed by atoms with Gasteiger partial charge in [-0.3, -0.25) is 9.59 Å². The van der Waals surface area contributed by atoms with Crippen LogP contribution in [0, 0.1) is 18.8 Å². The molecule has 1 saturated heterocycles. The fraction of sp³-hybridized carbons (Fsp3) is 0.333.